The average Bonchev–Trinajstić information content (AvgIpc) is 3.22. The fourth-order valence-electron chi connectivity index (χ4n) is 4.61. The topological polar surface area (TPSA) is 96.7 Å². The molecule has 0 unspecified atom stereocenters. The summed E-state index contributed by atoms with van der Waals surface area (Å²) in [4.78, 5) is 18.5. The van der Waals surface area contributed by atoms with Gasteiger partial charge in [-0.15, -0.1) is 0 Å². The minimum atomic E-state index is -3.55. The van der Waals surface area contributed by atoms with Crippen LogP contribution in [0.15, 0.2) is 41.6 Å². The summed E-state index contributed by atoms with van der Waals surface area (Å²) in [5.41, 5.74) is 1.71. The van der Waals surface area contributed by atoms with Crippen LogP contribution in [0.4, 0.5) is 5.95 Å². The maximum absolute atomic E-state index is 13.1. The second-order valence-corrected chi connectivity index (χ2v) is 10.6. The molecule has 2 aliphatic heterocycles. The van der Waals surface area contributed by atoms with E-state index in [2.05, 4.69) is 31.3 Å². The van der Waals surface area contributed by atoms with Gasteiger partial charge in [0.1, 0.15) is 5.82 Å². The number of morpholine rings is 1. The molecule has 2 saturated heterocycles. The smallest absolute Gasteiger partial charge is 0.243 e. The molecular formula is C23H31N7O3S. The Hall–Kier alpha value is -2.60. The Balaban J connectivity index is 1.35. The van der Waals surface area contributed by atoms with Crippen LogP contribution < -0.4 is 4.90 Å². The van der Waals surface area contributed by atoms with Crippen LogP contribution in [0.3, 0.4) is 0 Å². The minimum absolute atomic E-state index is 0.297. The highest BCUT2D eigenvalue weighted by atomic mass is 32.2. The third-order valence-electron chi connectivity index (χ3n) is 6.43. The third kappa shape index (κ3) is 4.65. The number of aryl methyl sites for hydroxylation is 1. The monoisotopic (exact) mass is 485 g/mol. The molecular weight excluding hydrogens is 454 g/mol. The van der Waals surface area contributed by atoms with Crippen molar-refractivity contribution in [3.63, 3.8) is 0 Å². The van der Waals surface area contributed by atoms with E-state index in [0.717, 1.165) is 68.5 Å². The molecule has 34 heavy (non-hydrogen) atoms. The van der Waals surface area contributed by atoms with Crippen LogP contribution >= 0.6 is 0 Å². The van der Waals surface area contributed by atoms with Crippen LogP contribution in [0.5, 0.6) is 0 Å². The molecule has 0 saturated carbocycles. The van der Waals surface area contributed by atoms with Gasteiger partial charge < -0.3 is 14.2 Å². The summed E-state index contributed by atoms with van der Waals surface area (Å²) in [6.45, 7) is 8.86. The van der Waals surface area contributed by atoms with E-state index in [4.69, 9.17) is 9.72 Å². The van der Waals surface area contributed by atoms with Crippen LogP contribution in [0.2, 0.25) is 0 Å². The Morgan fingerprint density at radius 3 is 2.44 bits per heavy atom. The lowest BCUT2D eigenvalue weighted by Gasteiger charge is -2.34. The van der Waals surface area contributed by atoms with Crippen LogP contribution in [-0.2, 0) is 27.8 Å². The van der Waals surface area contributed by atoms with Gasteiger partial charge in [0.15, 0.2) is 0 Å². The lowest BCUT2D eigenvalue weighted by Crippen LogP contribution is -2.46. The summed E-state index contributed by atoms with van der Waals surface area (Å²) in [5.74, 6) is 1.75. The molecule has 0 radical (unpaired) electrons. The van der Waals surface area contributed by atoms with Gasteiger partial charge in [0.2, 0.25) is 16.0 Å². The molecule has 0 spiro atoms. The van der Waals surface area contributed by atoms with Gasteiger partial charge in [-0.3, -0.25) is 4.90 Å². The number of aromatic nitrogens is 4. The van der Waals surface area contributed by atoms with Crippen LogP contribution in [0, 0.1) is 0 Å². The van der Waals surface area contributed by atoms with Gasteiger partial charge >= 0.3 is 0 Å². The van der Waals surface area contributed by atoms with Crippen molar-refractivity contribution in [2.75, 3.05) is 57.4 Å². The number of nitrogens with zero attached hydrogens (tertiary/aromatic N) is 7. The van der Waals surface area contributed by atoms with E-state index in [9.17, 15) is 8.42 Å². The van der Waals surface area contributed by atoms with Crippen molar-refractivity contribution in [3.05, 3.63) is 42.5 Å². The van der Waals surface area contributed by atoms with Crippen molar-refractivity contribution in [2.24, 2.45) is 0 Å². The summed E-state index contributed by atoms with van der Waals surface area (Å²) in [5, 5.41) is 0. The summed E-state index contributed by atoms with van der Waals surface area (Å²) in [7, 11) is -3.55. The van der Waals surface area contributed by atoms with E-state index in [-0.39, 0.29) is 0 Å². The molecule has 4 heterocycles. The summed E-state index contributed by atoms with van der Waals surface area (Å²) in [6.07, 6.45) is 4.52. The molecule has 2 fully saturated rings. The van der Waals surface area contributed by atoms with Gasteiger partial charge in [-0.25, -0.2) is 23.4 Å². The van der Waals surface area contributed by atoms with Gasteiger partial charge in [-0.2, -0.15) is 4.31 Å². The zero-order valence-corrected chi connectivity index (χ0v) is 20.3. The van der Waals surface area contributed by atoms with Gasteiger partial charge in [0.25, 0.3) is 0 Å². The molecule has 0 aliphatic carbocycles. The first-order chi connectivity index (χ1) is 16.6. The number of sulfonamides is 1. The van der Waals surface area contributed by atoms with E-state index < -0.39 is 10.0 Å². The molecule has 0 amide bonds. The summed E-state index contributed by atoms with van der Waals surface area (Å²) < 4.78 is 35.3. The van der Waals surface area contributed by atoms with Crippen molar-refractivity contribution in [1.29, 1.82) is 0 Å². The molecule has 5 rings (SSSR count). The quantitative estimate of drug-likeness (QED) is 0.498. The summed E-state index contributed by atoms with van der Waals surface area (Å²) >= 11 is 0. The Kier molecular flexibility index (Phi) is 6.77. The lowest BCUT2D eigenvalue weighted by molar-refractivity contribution is 0.0730. The number of piperazine rings is 1. The molecule has 3 aromatic rings. The normalized spacial score (nSPS) is 18.6. The Morgan fingerprint density at radius 1 is 1.00 bits per heavy atom. The zero-order valence-electron chi connectivity index (χ0n) is 19.5. The number of hydrogen-bond donors (Lipinski definition) is 0. The molecule has 182 valence electrons. The second kappa shape index (κ2) is 9.95. The van der Waals surface area contributed by atoms with Gasteiger partial charge in [0.05, 0.1) is 35.7 Å². The fraction of sp³-hybridized carbons (Fsp3) is 0.522. The van der Waals surface area contributed by atoms with E-state index in [1.54, 1.807) is 24.5 Å². The maximum Gasteiger partial charge on any atom is 0.243 e. The van der Waals surface area contributed by atoms with E-state index >= 15 is 0 Å². The number of anilines is 1. The highest BCUT2D eigenvalue weighted by Crippen LogP contribution is 2.25. The lowest BCUT2D eigenvalue weighted by atomic mass is 10.3. The SMILES string of the molecule is CCCn1c(CN2CCN(c3ncccn3)CC2)nc2cc(S(=O)(=O)N3CCOCC3)ccc21. The number of benzene rings is 1. The van der Waals surface area contributed by atoms with E-state index in [1.165, 1.54) is 4.31 Å². The fourth-order valence-corrected chi connectivity index (χ4v) is 6.04. The minimum Gasteiger partial charge on any atom is -0.379 e. The number of hydrogen-bond acceptors (Lipinski definition) is 8. The van der Waals surface area contributed by atoms with Gasteiger partial charge in [-0.1, -0.05) is 6.92 Å². The van der Waals surface area contributed by atoms with Gasteiger partial charge in [-0.05, 0) is 30.7 Å². The number of ether oxygens (including phenoxy) is 1. The predicted molar refractivity (Wildman–Crippen MR) is 129 cm³/mol. The number of imidazole rings is 1. The first-order valence-corrected chi connectivity index (χ1v) is 13.3. The van der Waals surface area contributed by atoms with Gasteiger partial charge in [0, 0.05) is 58.2 Å². The van der Waals surface area contributed by atoms with Crippen molar-refractivity contribution in [2.45, 2.75) is 31.3 Å². The standard InChI is InChI=1S/C23H31N7O3S/c1-2-8-30-21-5-4-19(34(31,32)29-13-15-33-16-14-29)17-20(21)26-22(30)18-27-9-11-28(12-10-27)23-24-6-3-7-25-23/h3-7,17H,2,8-16,18H2,1H3. The molecule has 10 nitrogen and oxygen atoms in total. The zero-order chi connectivity index (χ0) is 23.5. The largest absolute Gasteiger partial charge is 0.379 e. The molecule has 0 atom stereocenters. The first kappa shape index (κ1) is 23.2. The van der Waals surface area contributed by atoms with Crippen LogP contribution in [0.1, 0.15) is 19.2 Å². The maximum atomic E-state index is 13.1. The summed E-state index contributed by atoms with van der Waals surface area (Å²) in [6, 6.07) is 7.17. The Labute approximate surface area is 200 Å². The molecule has 1 aromatic carbocycles. The van der Waals surface area contributed by atoms with Crippen molar-refractivity contribution in [3.8, 4) is 0 Å². The predicted octanol–water partition coefficient (Wildman–Crippen LogP) is 1.58. The number of fused-ring (bicyclic) bond motifs is 1. The number of rotatable bonds is 7. The highest BCUT2D eigenvalue weighted by Gasteiger charge is 2.27. The Morgan fingerprint density at radius 2 is 1.74 bits per heavy atom. The van der Waals surface area contributed by atoms with E-state index in [1.807, 2.05) is 12.1 Å². The highest BCUT2D eigenvalue weighted by molar-refractivity contribution is 7.89. The third-order valence-corrected chi connectivity index (χ3v) is 8.32. The molecule has 11 heteroatoms. The van der Waals surface area contributed by atoms with Crippen molar-refractivity contribution < 1.29 is 13.2 Å². The molecule has 0 N–H and O–H groups in total. The van der Waals surface area contributed by atoms with Crippen LogP contribution in [0.25, 0.3) is 11.0 Å². The molecule has 0 bridgehead atoms. The van der Waals surface area contributed by atoms with Crippen molar-refractivity contribution >= 4 is 27.0 Å². The van der Waals surface area contributed by atoms with E-state index in [0.29, 0.717) is 31.2 Å². The second-order valence-electron chi connectivity index (χ2n) is 8.66. The van der Waals surface area contributed by atoms with Crippen molar-refractivity contribution in [1.82, 2.24) is 28.7 Å². The Bertz CT molecular complexity index is 1220. The van der Waals surface area contributed by atoms with Crippen LogP contribution in [-0.4, -0.2) is 89.6 Å². The molecule has 2 aromatic heterocycles. The molecule has 2 aliphatic rings. The average molecular weight is 486 g/mol. The first-order valence-electron chi connectivity index (χ1n) is 11.9.